The van der Waals surface area contributed by atoms with Crippen LogP contribution in [0, 0.1) is 6.92 Å². The van der Waals surface area contributed by atoms with Crippen molar-refractivity contribution in [2.24, 2.45) is 0 Å². The topological polar surface area (TPSA) is 104 Å². The molecule has 4 heterocycles. The normalized spacial score (nSPS) is 20.6. The number of anilines is 1. The first-order valence-electron chi connectivity index (χ1n) is 10.7. The van der Waals surface area contributed by atoms with E-state index in [2.05, 4.69) is 10.1 Å². The highest BCUT2D eigenvalue weighted by atomic mass is 19.4. The third-order valence-electron chi connectivity index (χ3n) is 5.80. The fourth-order valence-corrected chi connectivity index (χ4v) is 4.16. The van der Waals surface area contributed by atoms with Crippen molar-refractivity contribution in [2.75, 3.05) is 4.90 Å². The van der Waals surface area contributed by atoms with E-state index in [4.69, 9.17) is 9.47 Å². The molecular formula is C24H17F3N4O5. The van der Waals surface area contributed by atoms with Crippen LogP contribution in [0.3, 0.4) is 0 Å². The second-order valence-electron chi connectivity index (χ2n) is 8.20. The molecule has 9 nitrogen and oxygen atoms in total. The summed E-state index contributed by atoms with van der Waals surface area (Å²) in [4.78, 5) is 43.9. The van der Waals surface area contributed by atoms with Crippen LogP contribution in [0.2, 0.25) is 0 Å². The average molecular weight is 498 g/mol. The van der Waals surface area contributed by atoms with Gasteiger partial charge in [0, 0.05) is 29.7 Å². The molecule has 1 amide bonds. The summed E-state index contributed by atoms with van der Waals surface area (Å²) in [6, 6.07) is 6.39. The molecule has 5 rings (SSSR count). The maximum Gasteiger partial charge on any atom is 0.416 e. The van der Waals surface area contributed by atoms with E-state index in [0.29, 0.717) is 11.3 Å². The zero-order chi connectivity index (χ0) is 25.8. The van der Waals surface area contributed by atoms with Gasteiger partial charge in [0.1, 0.15) is 11.7 Å². The van der Waals surface area contributed by atoms with E-state index in [0.717, 1.165) is 41.3 Å². The first-order valence-corrected chi connectivity index (χ1v) is 10.7. The lowest BCUT2D eigenvalue weighted by atomic mass is 10.0. The first-order chi connectivity index (χ1) is 17.0. The van der Waals surface area contributed by atoms with Crippen molar-refractivity contribution in [3.63, 3.8) is 0 Å². The number of hydrogen-bond acceptors (Lipinski definition) is 7. The molecule has 0 spiro atoms. The van der Waals surface area contributed by atoms with Crippen LogP contribution < -0.4 is 9.64 Å². The van der Waals surface area contributed by atoms with E-state index in [1.807, 2.05) is 0 Å². The molecule has 2 aliphatic heterocycles. The molecule has 0 aliphatic carbocycles. The quantitative estimate of drug-likeness (QED) is 0.495. The molecule has 0 saturated heterocycles. The minimum absolute atomic E-state index is 0.00708. The zero-order valence-corrected chi connectivity index (χ0v) is 18.8. The van der Waals surface area contributed by atoms with Gasteiger partial charge in [-0.1, -0.05) is 0 Å². The molecule has 3 aromatic rings. The molecule has 1 unspecified atom stereocenters. The second-order valence-corrected chi connectivity index (χ2v) is 8.20. The molecule has 36 heavy (non-hydrogen) atoms. The lowest BCUT2D eigenvalue weighted by molar-refractivity contribution is -0.145. The van der Waals surface area contributed by atoms with Crippen molar-refractivity contribution in [1.29, 1.82) is 0 Å². The Kier molecular flexibility index (Phi) is 5.38. The molecule has 2 aliphatic rings. The van der Waals surface area contributed by atoms with Crippen molar-refractivity contribution >= 4 is 23.5 Å². The van der Waals surface area contributed by atoms with Crippen LogP contribution in [0.25, 0.3) is 11.1 Å². The molecule has 2 aromatic heterocycles. The minimum atomic E-state index is -4.57. The SMILES string of the molecule is Cc1cc(-c2c3nn4c2C(=O)N(c2ccc(C(F)(F)F)cc2)C(OC(=O)/C=C\C(=O)O3)[C@@H]4C)ccn1. The third kappa shape index (κ3) is 3.89. The maximum absolute atomic E-state index is 13.9. The molecule has 1 aromatic carbocycles. The Morgan fingerprint density at radius 2 is 1.69 bits per heavy atom. The van der Waals surface area contributed by atoms with Crippen LogP contribution in [-0.4, -0.2) is 38.8 Å². The van der Waals surface area contributed by atoms with Gasteiger partial charge in [-0.15, -0.1) is 5.10 Å². The molecule has 184 valence electrons. The summed E-state index contributed by atoms with van der Waals surface area (Å²) in [5, 5.41) is 4.33. The number of halogens is 3. The standard InChI is InChI=1S/C24H17F3N4O5/c1-12-11-14(9-10-28-12)19-20-22(34)30(16-5-3-15(4-6-16)24(25,26)27)23-13(2)31(20)29-21(19)35-17(32)7-8-18(33)36-23/h3-11,13,23H,1-2H3/b8-7-/t13-,23?/m0/s1. The molecule has 0 radical (unpaired) electrons. The number of pyridine rings is 1. The molecule has 3 bridgehead atoms. The van der Waals surface area contributed by atoms with Gasteiger partial charge < -0.3 is 9.47 Å². The number of carbonyl (C=O) groups excluding carboxylic acids is 3. The number of hydrogen-bond donors (Lipinski definition) is 0. The maximum atomic E-state index is 13.9. The van der Waals surface area contributed by atoms with Crippen molar-refractivity contribution in [2.45, 2.75) is 32.3 Å². The Hall–Kier alpha value is -4.48. The lowest BCUT2D eigenvalue weighted by Gasteiger charge is -2.39. The number of benzene rings is 1. The number of esters is 2. The van der Waals surface area contributed by atoms with E-state index in [9.17, 15) is 27.6 Å². The van der Waals surface area contributed by atoms with Crippen LogP contribution >= 0.6 is 0 Å². The number of aryl methyl sites for hydroxylation is 1. The summed E-state index contributed by atoms with van der Waals surface area (Å²) in [5.41, 5.74) is 0.474. The second kappa shape index (κ2) is 8.33. The lowest BCUT2D eigenvalue weighted by Crippen LogP contribution is -2.52. The van der Waals surface area contributed by atoms with Gasteiger partial charge in [0.25, 0.3) is 11.8 Å². The molecule has 0 saturated carbocycles. The van der Waals surface area contributed by atoms with E-state index in [1.165, 1.54) is 10.9 Å². The number of nitrogens with zero attached hydrogens (tertiary/aromatic N) is 4. The summed E-state index contributed by atoms with van der Waals surface area (Å²) in [6.07, 6.45) is -2.64. The smallest absolute Gasteiger partial charge is 0.416 e. The first kappa shape index (κ1) is 23.3. The summed E-state index contributed by atoms with van der Waals surface area (Å²) in [7, 11) is 0. The van der Waals surface area contributed by atoms with Gasteiger partial charge in [-0.25, -0.2) is 14.3 Å². The van der Waals surface area contributed by atoms with E-state index in [1.54, 1.807) is 26.0 Å². The third-order valence-corrected chi connectivity index (χ3v) is 5.80. The summed E-state index contributed by atoms with van der Waals surface area (Å²) in [6.45, 7) is 3.35. The van der Waals surface area contributed by atoms with Gasteiger partial charge in [0.15, 0.2) is 0 Å². The number of carbonyl (C=O) groups is 3. The number of rotatable bonds is 2. The Morgan fingerprint density at radius 1 is 1.00 bits per heavy atom. The number of amides is 1. The Morgan fingerprint density at radius 3 is 2.36 bits per heavy atom. The van der Waals surface area contributed by atoms with E-state index < -0.39 is 41.9 Å². The average Bonchev–Trinajstić information content (AvgIpc) is 3.19. The van der Waals surface area contributed by atoms with Gasteiger partial charge in [0.2, 0.25) is 6.23 Å². The highest BCUT2D eigenvalue weighted by Crippen LogP contribution is 2.42. The van der Waals surface area contributed by atoms with Crippen LogP contribution in [-0.2, 0) is 20.5 Å². The minimum Gasteiger partial charge on any atom is -0.436 e. The van der Waals surface area contributed by atoms with Crippen molar-refractivity contribution in [1.82, 2.24) is 14.8 Å². The molecule has 12 heteroatoms. The Balaban J connectivity index is 1.74. The van der Waals surface area contributed by atoms with Crippen LogP contribution in [0.4, 0.5) is 18.9 Å². The van der Waals surface area contributed by atoms with Crippen molar-refractivity contribution < 1.29 is 37.0 Å². The number of aromatic nitrogens is 3. The summed E-state index contributed by atoms with van der Waals surface area (Å²) < 4.78 is 51.5. The highest BCUT2D eigenvalue weighted by molar-refractivity contribution is 6.11. The van der Waals surface area contributed by atoms with Gasteiger partial charge in [0.05, 0.1) is 11.1 Å². The van der Waals surface area contributed by atoms with E-state index in [-0.39, 0.29) is 22.8 Å². The number of ether oxygens (including phenoxy) is 2. The van der Waals surface area contributed by atoms with Crippen LogP contribution in [0.1, 0.15) is 34.7 Å². The van der Waals surface area contributed by atoms with Crippen molar-refractivity contribution in [3.8, 4) is 17.0 Å². The monoisotopic (exact) mass is 498 g/mol. The summed E-state index contributed by atoms with van der Waals surface area (Å²) >= 11 is 0. The Bertz CT molecular complexity index is 1430. The molecular weight excluding hydrogens is 481 g/mol. The van der Waals surface area contributed by atoms with Crippen LogP contribution in [0.15, 0.2) is 54.7 Å². The van der Waals surface area contributed by atoms with Crippen molar-refractivity contribution in [3.05, 3.63) is 71.7 Å². The van der Waals surface area contributed by atoms with Gasteiger partial charge in [-0.3, -0.25) is 14.7 Å². The largest absolute Gasteiger partial charge is 0.436 e. The van der Waals surface area contributed by atoms with Crippen LogP contribution in [0.5, 0.6) is 5.88 Å². The fourth-order valence-electron chi connectivity index (χ4n) is 4.16. The molecule has 0 fully saturated rings. The fraction of sp³-hybridized carbons (Fsp3) is 0.208. The molecule has 2 atom stereocenters. The zero-order valence-electron chi connectivity index (χ0n) is 18.8. The summed E-state index contributed by atoms with van der Waals surface area (Å²) in [5.74, 6) is -2.74. The Labute approximate surface area is 201 Å². The highest BCUT2D eigenvalue weighted by Gasteiger charge is 2.45. The van der Waals surface area contributed by atoms with E-state index >= 15 is 0 Å². The van der Waals surface area contributed by atoms with Gasteiger partial charge in [-0.2, -0.15) is 13.2 Å². The van der Waals surface area contributed by atoms with Gasteiger partial charge in [-0.05, 0) is 55.8 Å². The number of fused-ring (bicyclic) bond motifs is 2. The number of alkyl halides is 3. The predicted molar refractivity (Wildman–Crippen MR) is 118 cm³/mol. The van der Waals surface area contributed by atoms with Gasteiger partial charge >= 0.3 is 18.1 Å². The molecule has 0 N–H and O–H groups in total. The predicted octanol–water partition coefficient (Wildman–Crippen LogP) is 3.84.